The molecule has 62 valence electrons. The van der Waals surface area contributed by atoms with Crippen molar-refractivity contribution in [3.8, 4) is 0 Å². The lowest BCUT2D eigenvalue weighted by molar-refractivity contribution is -0.118. The molecule has 0 aromatic heterocycles. The van der Waals surface area contributed by atoms with Crippen molar-refractivity contribution in [1.82, 2.24) is 0 Å². The minimum absolute atomic E-state index is 0.262. The molecule has 0 radical (unpaired) electrons. The molecule has 0 N–H and O–H groups in total. The first-order valence-corrected chi connectivity index (χ1v) is 4.35. The number of carbonyl (C=O) groups is 1. The highest BCUT2D eigenvalue weighted by Crippen LogP contribution is 2.25. The molecule has 0 heterocycles. The lowest BCUT2D eigenvalue weighted by Crippen LogP contribution is -2.15. The Morgan fingerprint density at radius 2 is 2.18 bits per heavy atom. The molecular formula is C10H16O. The normalized spacial score (nSPS) is 25.6. The average molecular weight is 152 g/mol. The molecule has 1 aliphatic carbocycles. The van der Waals surface area contributed by atoms with Gasteiger partial charge in [0.2, 0.25) is 0 Å². The SMILES string of the molecule is CC(C)C1=CC(=O)[C@H](C)CC1. The van der Waals surface area contributed by atoms with Gasteiger partial charge in [0.1, 0.15) is 0 Å². The molecule has 0 aliphatic heterocycles. The standard InChI is InChI=1S/C10H16O/c1-7(2)9-5-4-8(3)10(11)6-9/h6-8H,4-5H2,1-3H3/t8-/m1/s1. The molecule has 0 bridgehead atoms. The number of allylic oxidation sites excluding steroid dienone is 2. The summed E-state index contributed by atoms with van der Waals surface area (Å²) < 4.78 is 0. The van der Waals surface area contributed by atoms with Gasteiger partial charge in [0.25, 0.3) is 0 Å². The second kappa shape index (κ2) is 3.21. The summed E-state index contributed by atoms with van der Waals surface area (Å²) in [5.41, 5.74) is 1.33. The van der Waals surface area contributed by atoms with Crippen LogP contribution < -0.4 is 0 Å². The van der Waals surface area contributed by atoms with E-state index in [1.54, 1.807) is 0 Å². The second-order valence-corrected chi connectivity index (χ2v) is 3.72. The van der Waals surface area contributed by atoms with E-state index in [1.165, 1.54) is 5.57 Å². The highest BCUT2D eigenvalue weighted by molar-refractivity contribution is 5.93. The maximum absolute atomic E-state index is 11.2. The van der Waals surface area contributed by atoms with Gasteiger partial charge in [0.15, 0.2) is 5.78 Å². The Morgan fingerprint density at radius 1 is 1.55 bits per heavy atom. The maximum Gasteiger partial charge on any atom is 0.158 e. The van der Waals surface area contributed by atoms with Crippen LogP contribution in [0.15, 0.2) is 11.6 Å². The van der Waals surface area contributed by atoms with Crippen LogP contribution in [0.5, 0.6) is 0 Å². The topological polar surface area (TPSA) is 17.1 Å². The van der Waals surface area contributed by atoms with Crippen molar-refractivity contribution in [3.63, 3.8) is 0 Å². The van der Waals surface area contributed by atoms with E-state index in [4.69, 9.17) is 0 Å². The Hall–Kier alpha value is -0.590. The zero-order chi connectivity index (χ0) is 8.43. The minimum atomic E-state index is 0.262. The van der Waals surface area contributed by atoms with Crippen molar-refractivity contribution in [3.05, 3.63) is 11.6 Å². The summed E-state index contributed by atoms with van der Waals surface area (Å²) in [4.78, 5) is 11.2. The average Bonchev–Trinajstić information content (AvgIpc) is 1.94. The van der Waals surface area contributed by atoms with Crippen LogP contribution in [-0.4, -0.2) is 5.78 Å². The number of hydrogen-bond acceptors (Lipinski definition) is 1. The molecule has 1 rings (SSSR count). The Labute approximate surface area is 68.5 Å². The highest BCUT2D eigenvalue weighted by Gasteiger charge is 2.18. The number of carbonyl (C=O) groups excluding carboxylic acids is 1. The Bertz CT molecular complexity index is 189. The fourth-order valence-electron chi connectivity index (χ4n) is 1.38. The summed E-state index contributed by atoms with van der Waals surface area (Å²) in [6.07, 6.45) is 4.01. The first-order chi connectivity index (χ1) is 5.11. The zero-order valence-corrected chi connectivity index (χ0v) is 7.55. The number of ketones is 1. The quantitative estimate of drug-likeness (QED) is 0.564. The molecule has 0 fully saturated rings. The van der Waals surface area contributed by atoms with Gasteiger partial charge in [-0.15, -0.1) is 0 Å². The first-order valence-electron chi connectivity index (χ1n) is 4.35. The van der Waals surface area contributed by atoms with E-state index in [-0.39, 0.29) is 5.92 Å². The summed E-state index contributed by atoms with van der Waals surface area (Å²) in [5.74, 6) is 1.13. The Kier molecular flexibility index (Phi) is 2.48. The van der Waals surface area contributed by atoms with E-state index in [2.05, 4.69) is 13.8 Å². The molecule has 11 heavy (non-hydrogen) atoms. The van der Waals surface area contributed by atoms with E-state index in [0.717, 1.165) is 12.8 Å². The van der Waals surface area contributed by atoms with Gasteiger partial charge in [-0.3, -0.25) is 4.79 Å². The van der Waals surface area contributed by atoms with Crippen molar-refractivity contribution in [2.75, 3.05) is 0 Å². The van der Waals surface area contributed by atoms with Crippen molar-refractivity contribution in [2.24, 2.45) is 11.8 Å². The predicted octanol–water partition coefficient (Wildman–Crippen LogP) is 2.57. The van der Waals surface area contributed by atoms with Gasteiger partial charge >= 0.3 is 0 Å². The third-order valence-corrected chi connectivity index (χ3v) is 2.42. The Morgan fingerprint density at radius 3 is 2.64 bits per heavy atom. The third-order valence-electron chi connectivity index (χ3n) is 2.42. The molecule has 0 unspecified atom stereocenters. The summed E-state index contributed by atoms with van der Waals surface area (Å²) in [5, 5.41) is 0. The van der Waals surface area contributed by atoms with Crippen molar-refractivity contribution in [2.45, 2.75) is 33.6 Å². The van der Waals surface area contributed by atoms with E-state index in [9.17, 15) is 4.79 Å². The van der Waals surface area contributed by atoms with Gasteiger partial charge in [-0.1, -0.05) is 26.3 Å². The van der Waals surface area contributed by atoms with Crippen LogP contribution in [0, 0.1) is 11.8 Å². The predicted molar refractivity (Wildman–Crippen MR) is 46.3 cm³/mol. The molecule has 1 aliphatic rings. The summed E-state index contributed by atoms with van der Waals surface area (Å²) in [7, 11) is 0. The van der Waals surface area contributed by atoms with Crippen LogP contribution in [0.3, 0.4) is 0 Å². The van der Waals surface area contributed by atoms with Crippen LogP contribution >= 0.6 is 0 Å². The third kappa shape index (κ3) is 1.92. The molecular weight excluding hydrogens is 136 g/mol. The molecule has 0 saturated carbocycles. The highest BCUT2D eigenvalue weighted by atomic mass is 16.1. The summed E-state index contributed by atoms with van der Waals surface area (Å²) in [6.45, 7) is 6.31. The number of rotatable bonds is 1. The van der Waals surface area contributed by atoms with Crippen molar-refractivity contribution in [1.29, 1.82) is 0 Å². The van der Waals surface area contributed by atoms with E-state index in [1.807, 2.05) is 13.0 Å². The Balaban J connectivity index is 2.71. The van der Waals surface area contributed by atoms with Gasteiger partial charge in [0.05, 0.1) is 0 Å². The minimum Gasteiger partial charge on any atom is -0.295 e. The monoisotopic (exact) mass is 152 g/mol. The molecule has 0 saturated heterocycles. The lowest BCUT2D eigenvalue weighted by Gasteiger charge is -2.19. The smallest absolute Gasteiger partial charge is 0.158 e. The summed E-state index contributed by atoms with van der Waals surface area (Å²) in [6, 6.07) is 0. The molecule has 1 heteroatoms. The molecule has 1 nitrogen and oxygen atoms in total. The van der Waals surface area contributed by atoms with Crippen LogP contribution in [0.1, 0.15) is 33.6 Å². The van der Waals surface area contributed by atoms with Gasteiger partial charge in [-0.25, -0.2) is 0 Å². The lowest BCUT2D eigenvalue weighted by atomic mass is 9.85. The summed E-state index contributed by atoms with van der Waals surface area (Å²) >= 11 is 0. The fraction of sp³-hybridized carbons (Fsp3) is 0.700. The largest absolute Gasteiger partial charge is 0.295 e. The molecule has 0 aromatic rings. The molecule has 0 aromatic carbocycles. The van der Waals surface area contributed by atoms with E-state index >= 15 is 0 Å². The van der Waals surface area contributed by atoms with Crippen LogP contribution in [0.4, 0.5) is 0 Å². The fourth-order valence-corrected chi connectivity index (χ4v) is 1.38. The van der Waals surface area contributed by atoms with Gasteiger partial charge < -0.3 is 0 Å². The first kappa shape index (κ1) is 8.51. The molecule has 1 atom stereocenters. The van der Waals surface area contributed by atoms with Crippen LogP contribution in [-0.2, 0) is 4.79 Å². The van der Waals surface area contributed by atoms with E-state index < -0.39 is 0 Å². The van der Waals surface area contributed by atoms with Crippen LogP contribution in [0.2, 0.25) is 0 Å². The van der Waals surface area contributed by atoms with Gasteiger partial charge in [-0.2, -0.15) is 0 Å². The second-order valence-electron chi connectivity index (χ2n) is 3.72. The van der Waals surface area contributed by atoms with Crippen LogP contribution in [0.25, 0.3) is 0 Å². The van der Waals surface area contributed by atoms with Gasteiger partial charge in [-0.05, 0) is 24.8 Å². The molecule has 0 spiro atoms. The molecule has 0 amide bonds. The van der Waals surface area contributed by atoms with Gasteiger partial charge in [0, 0.05) is 5.92 Å². The van der Waals surface area contributed by atoms with E-state index in [0.29, 0.717) is 11.7 Å². The maximum atomic E-state index is 11.2. The van der Waals surface area contributed by atoms with Crippen molar-refractivity contribution < 1.29 is 4.79 Å². The number of hydrogen-bond donors (Lipinski definition) is 0. The zero-order valence-electron chi connectivity index (χ0n) is 7.55. The van der Waals surface area contributed by atoms with Crippen molar-refractivity contribution >= 4 is 5.78 Å².